The van der Waals surface area contributed by atoms with Gasteiger partial charge in [-0.3, -0.25) is 9.59 Å². The highest BCUT2D eigenvalue weighted by atomic mass is 32.1. The van der Waals surface area contributed by atoms with E-state index in [0.29, 0.717) is 13.0 Å². The number of carbonyl (C=O) groups excluding carboxylic acids is 2. The summed E-state index contributed by atoms with van der Waals surface area (Å²) in [6.45, 7) is 2.21. The predicted molar refractivity (Wildman–Crippen MR) is 74.4 cm³/mol. The molecule has 2 amide bonds. The van der Waals surface area contributed by atoms with E-state index < -0.39 is 11.2 Å². The molecule has 18 heavy (non-hydrogen) atoms. The summed E-state index contributed by atoms with van der Waals surface area (Å²) >= 11 is 4.31. The number of hydrogen-bond acceptors (Lipinski definition) is 3. The third-order valence-corrected chi connectivity index (χ3v) is 3.00. The van der Waals surface area contributed by atoms with Crippen molar-refractivity contribution >= 4 is 24.4 Å². The lowest BCUT2D eigenvalue weighted by Gasteiger charge is -2.22. The summed E-state index contributed by atoms with van der Waals surface area (Å²) in [7, 11) is 0. The van der Waals surface area contributed by atoms with Crippen molar-refractivity contribution in [2.24, 2.45) is 5.73 Å². The Morgan fingerprint density at radius 1 is 1.33 bits per heavy atom. The van der Waals surface area contributed by atoms with Crippen molar-refractivity contribution in [2.75, 3.05) is 13.1 Å². The summed E-state index contributed by atoms with van der Waals surface area (Å²) in [6, 6.07) is 9.65. The number of rotatable bonds is 6. The molecule has 1 unspecified atom stereocenters. The summed E-state index contributed by atoms with van der Waals surface area (Å²) in [4.78, 5) is 24.3. The van der Waals surface area contributed by atoms with Gasteiger partial charge in [0.15, 0.2) is 0 Å². The first-order chi connectivity index (χ1) is 8.54. The highest BCUT2D eigenvalue weighted by Gasteiger charge is 2.21. The van der Waals surface area contributed by atoms with Gasteiger partial charge in [-0.05, 0) is 18.9 Å². The minimum atomic E-state index is -0.509. The van der Waals surface area contributed by atoms with Crippen molar-refractivity contribution in [1.29, 1.82) is 0 Å². The zero-order valence-corrected chi connectivity index (χ0v) is 11.3. The number of nitrogens with two attached hydrogens (primary N) is 1. The molecule has 0 bridgehead atoms. The molecule has 0 aliphatic heterocycles. The van der Waals surface area contributed by atoms with Crippen LogP contribution in [-0.2, 0) is 16.0 Å². The molecule has 5 heteroatoms. The van der Waals surface area contributed by atoms with E-state index in [1.165, 1.54) is 4.90 Å². The van der Waals surface area contributed by atoms with Gasteiger partial charge in [0, 0.05) is 6.54 Å². The average molecular weight is 266 g/mol. The summed E-state index contributed by atoms with van der Waals surface area (Å²) in [6.07, 6.45) is 0.540. The molecule has 0 fully saturated rings. The molecule has 1 aromatic rings. The summed E-state index contributed by atoms with van der Waals surface area (Å²) in [5.41, 5.74) is 6.14. The second kappa shape index (κ2) is 7.06. The van der Waals surface area contributed by atoms with Crippen molar-refractivity contribution < 1.29 is 9.59 Å². The van der Waals surface area contributed by atoms with Crippen LogP contribution in [0.4, 0.5) is 0 Å². The Balaban J connectivity index is 2.62. The van der Waals surface area contributed by atoms with Crippen molar-refractivity contribution in [3.63, 3.8) is 0 Å². The normalized spacial score (nSPS) is 11.9. The average Bonchev–Trinajstić information content (AvgIpc) is 2.36. The molecule has 98 valence electrons. The summed E-state index contributed by atoms with van der Waals surface area (Å²) in [5.74, 6) is -0.672. The minimum Gasteiger partial charge on any atom is -0.368 e. The highest BCUT2D eigenvalue weighted by molar-refractivity contribution is 7.81. The molecule has 1 rings (SSSR count). The monoisotopic (exact) mass is 266 g/mol. The Hall–Kier alpha value is -1.49. The van der Waals surface area contributed by atoms with Gasteiger partial charge >= 0.3 is 0 Å². The quantitative estimate of drug-likeness (QED) is 0.750. The number of nitrogens with zero attached hydrogens (tertiary/aromatic N) is 1. The fourth-order valence-electron chi connectivity index (χ4n) is 1.67. The van der Waals surface area contributed by atoms with Crippen LogP contribution in [0.5, 0.6) is 0 Å². The van der Waals surface area contributed by atoms with Crippen LogP contribution < -0.4 is 5.73 Å². The molecule has 0 heterocycles. The van der Waals surface area contributed by atoms with Crippen LogP contribution in [0.2, 0.25) is 0 Å². The Morgan fingerprint density at radius 3 is 2.44 bits per heavy atom. The summed E-state index contributed by atoms with van der Waals surface area (Å²) in [5, 5.41) is -0.452. The Morgan fingerprint density at radius 2 is 1.94 bits per heavy atom. The van der Waals surface area contributed by atoms with Gasteiger partial charge in [0.2, 0.25) is 11.8 Å². The van der Waals surface area contributed by atoms with Crippen LogP contribution in [0.3, 0.4) is 0 Å². The molecular formula is C13H18N2O2S. The maximum absolute atomic E-state index is 12.1. The van der Waals surface area contributed by atoms with E-state index in [1.807, 2.05) is 37.3 Å². The largest absolute Gasteiger partial charge is 0.368 e. The van der Waals surface area contributed by atoms with Crippen LogP contribution >= 0.6 is 12.6 Å². The fourth-order valence-corrected chi connectivity index (χ4v) is 2.04. The SMILES string of the molecule is CCN(CC(N)=O)C(=O)C(S)Cc1ccccc1. The first-order valence-corrected chi connectivity index (χ1v) is 6.35. The van der Waals surface area contributed by atoms with Gasteiger partial charge in [0.25, 0.3) is 0 Å². The van der Waals surface area contributed by atoms with Crippen molar-refractivity contribution in [3.05, 3.63) is 35.9 Å². The molecule has 0 saturated heterocycles. The van der Waals surface area contributed by atoms with E-state index >= 15 is 0 Å². The molecule has 1 atom stereocenters. The molecule has 0 saturated carbocycles. The second-order valence-electron chi connectivity index (χ2n) is 4.02. The highest BCUT2D eigenvalue weighted by Crippen LogP contribution is 2.10. The molecule has 0 radical (unpaired) electrons. The number of amides is 2. The van der Waals surface area contributed by atoms with Crippen LogP contribution in [0.15, 0.2) is 30.3 Å². The number of likely N-dealkylation sites (N-methyl/N-ethyl adjacent to an activating group) is 1. The van der Waals surface area contributed by atoms with Gasteiger partial charge in [0.05, 0.1) is 11.8 Å². The third kappa shape index (κ3) is 4.41. The van der Waals surface area contributed by atoms with E-state index in [0.717, 1.165) is 5.56 Å². The molecule has 0 aromatic heterocycles. The lowest BCUT2D eigenvalue weighted by Crippen LogP contribution is -2.42. The predicted octanol–water partition coefficient (Wildman–Crippen LogP) is 0.861. The number of primary amides is 1. The van der Waals surface area contributed by atoms with Crippen molar-refractivity contribution in [3.8, 4) is 0 Å². The number of carbonyl (C=O) groups is 2. The van der Waals surface area contributed by atoms with Crippen LogP contribution in [0, 0.1) is 0 Å². The van der Waals surface area contributed by atoms with Gasteiger partial charge in [-0.2, -0.15) is 12.6 Å². The van der Waals surface area contributed by atoms with E-state index in [1.54, 1.807) is 0 Å². The van der Waals surface area contributed by atoms with Gasteiger partial charge in [-0.15, -0.1) is 0 Å². The Labute approximate surface area is 113 Å². The number of benzene rings is 1. The Bertz CT molecular complexity index is 409. The zero-order chi connectivity index (χ0) is 13.5. The van der Waals surface area contributed by atoms with Gasteiger partial charge < -0.3 is 10.6 Å². The molecular weight excluding hydrogens is 248 g/mol. The first-order valence-electron chi connectivity index (χ1n) is 5.83. The lowest BCUT2D eigenvalue weighted by atomic mass is 10.1. The van der Waals surface area contributed by atoms with E-state index in [2.05, 4.69) is 12.6 Å². The van der Waals surface area contributed by atoms with Crippen LogP contribution in [0.1, 0.15) is 12.5 Å². The maximum atomic E-state index is 12.1. The fraction of sp³-hybridized carbons (Fsp3) is 0.385. The van der Waals surface area contributed by atoms with Crippen LogP contribution in [0.25, 0.3) is 0 Å². The smallest absolute Gasteiger partial charge is 0.237 e. The Kier molecular flexibility index (Phi) is 5.71. The van der Waals surface area contributed by atoms with Gasteiger partial charge in [-0.1, -0.05) is 30.3 Å². The third-order valence-electron chi connectivity index (χ3n) is 2.60. The van der Waals surface area contributed by atoms with Gasteiger partial charge in [-0.25, -0.2) is 0 Å². The first kappa shape index (κ1) is 14.6. The molecule has 0 aliphatic rings. The number of hydrogen-bond donors (Lipinski definition) is 2. The number of thiol groups is 1. The van der Waals surface area contributed by atoms with Crippen molar-refractivity contribution in [1.82, 2.24) is 4.90 Å². The topological polar surface area (TPSA) is 63.4 Å². The standard InChI is InChI=1S/C13H18N2O2S/c1-2-15(9-12(14)16)13(17)11(18)8-10-6-4-3-5-7-10/h3-7,11,18H,2,8-9H2,1H3,(H2,14,16). The molecule has 2 N–H and O–H groups in total. The van der Waals surface area contributed by atoms with Crippen LogP contribution in [-0.4, -0.2) is 35.1 Å². The zero-order valence-electron chi connectivity index (χ0n) is 10.4. The van der Waals surface area contributed by atoms with E-state index in [9.17, 15) is 9.59 Å². The molecule has 4 nitrogen and oxygen atoms in total. The van der Waals surface area contributed by atoms with E-state index in [4.69, 9.17) is 5.73 Å². The second-order valence-corrected chi connectivity index (χ2v) is 4.65. The minimum absolute atomic E-state index is 0.0544. The van der Waals surface area contributed by atoms with Gasteiger partial charge in [0.1, 0.15) is 0 Å². The molecule has 1 aromatic carbocycles. The lowest BCUT2D eigenvalue weighted by molar-refractivity contribution is -0.134. The van der Waals surface area contributed by atoms with Crippen molar-refractivity contribution in [2.45, 2.75) is 18.6 Å². The molecule has 0 aliphatic carbocycles. The summed E-state index contributed by atoms with van der Waals surface area (Å²) < 4.78 is 0. The van der Waals surface area contributed by atoms with E-state index in [-0.39, 0.29) is 12.5 Å². The maximum Gasteiger partial charge on any atom is 0.237 e. The molecule has 0 spiro atoms.